The highest BCUT2D eigenvalue weighted by Crippen LogP contribution is 2.37. The molecule has 1 fully saturated rings. The molecule has 0 saturated heterocycles. The van der Waals surface area contributed by atoms with Crippen LogP contribution in [0.5, 0.6) is 0 Å². The molecular formula is C23H25N3O2S. The van der Waals surface area contributed by atoms with Crippen LogP contribution in [0.25, 0.3) is 10.9 Å². The molecule has 1 amide bonds. The van der Waals surface area contributed by atoms with Gasteiger partial charge in [-0.2, -0.15) is 0 Å². The second-order valence-corrected chi connectivity index (χ2v) is 8.94. The quantitative estimate of drug-likeness (QED) is 0.472. The Hall–Kier alpha value is -2.60. The summed E-state index contributed by atoms with van der Waals surface area (Å²) in [5.74, 6) is 0.198. The van der Waals surface area contributed by atoms with Crippen molar-refractivity contribution in [1.82, 2.24) is 14.9 Å². The zero-order chi connectivity index (χ0) is 20.4. The molecule has 29 heavy (non-hydrogen) atoms. The largest absolute Gasteiger partial charge is 0.355 e. The van der Waals surface area contributed by atoms with Gasteiger partial charge in [0, 0.05) is 12.6 Å². The molecule has 1 saturated carbocycles. The van der Waals surface area contributed by atoms with Crippen molar-refractivity contribution in [2.45, 2.75) is 49.1 Å². The standard InChI is InChI=1S/C23H25N3O2S/c1-15(17-8-4-3-5-9-17)14-24-21(27)16(2)29-23-25-20-11-7-6-10-19(20)22(28)26(23)18-12-13-18/h3-11,15-16,18H,12-14H2,1-2H3,(H,24,27)/t15-,16+/m1/s1. The average Bonchev–Trinajstić information content (AvgIpc) is 3.57. The van der Waals surface area contributed by atoms with Crippen LogP contribution >= 0.6 is 11.8 Å². The highest BCUT2D eigenvalue weighted by molar-refractivity contribution is 8.00. The number of benzene rings is 2. The van der Waals surface area contributed by atoms with Crippen molar-refractivity contribution in [1.29, 1.82) is 0 Å². The highest BCUT2D eigenvalue weighted by Gasteiger charge is 2.30. The number of rotatable bonds is 7. The van der Waals surface area contributed by atoms with Gasteiger partial charge in [-0.15, -0.1) is 0 Å². The molecule has 6 heteroatoms. The Bertz CT molecular complexity index is 1080. The van der Waals surface area contributed by atoms with E-state index in [0.717, 1.165) is 12.8 Å². The van der Waals surface area contributed by atoms with E-state index >= 15 is 0 Å². The number of aromatic nitrogens is 2. The first-order valence-electron chi connectivity index (χ1n) is 10.0. The first kappa shape index (κ1) is 19.7. The van der Waals surface area contributed by atoms with Gasteiger partial charge in [-0.05, 0) is 43.4 Å². The SMILES string of the molecule is C[C@H](Sc1nc2ccccc2c(=O)n1C1CC1)C(=O)NC[C@@H](C)c1ccccc1. The molecule has 0 aliphatic heterocycles. The lowest BCUT2D eigenvalue weighted by molar-refractivity contribution is -0.120. The molecule has 5 nitrogen and oxygen atoms in total. The van der Waals surface area contributed by atoms with E-state index in [1.165, 1.54) is 17.3 Å². The van der Waals surface area contributed by atoms with Crippen molar-refractivity contribution in [2.24, 2.45) is 0 Å². The number of amides is 1. The minimum absolute atomic E-state index is 0.00842. The minimum Gasteiger partial charge on any atom is -0.355 e. The normalized spacial score (nSPS) is 15.8. The van der Waals surface area contributed by atoms with Crippen molar-refractivity contribution in [2.75, 3.05) is 6.54 Å². The van der Waals surface area contributed by atoms with E-state index in [1.807, 2.05) is 49.4 Å². The van der Waals surface area contributed by atoms with E-state index in [-0.39, 0.29) is 28.7 Å². The Labute approximate surface area is 174 Å². The van der Waals surface area contributed by atoms with Gasteiger partial charge >= 0.3 is 0 Å². The van der Waals surface area contributed by atoms with Crippen LogP contribution in [0, 0.1) is 0 Å². The molecule has 150 valence electrons. The summed E-state index contributed by atoms with van der Waals surface area (Å²) in [4.78, 5) is 30.4. The Morgan fingerprint density at radius 3 is 2.55 bits per heavy atom. The van der Waals surface area contributed by atoms with Crippen molar-refractivity contribution >= 4 is 28.6 Å². The van der Waals surface area contributed by atoms with Crippen LogP contribution in [0.1, 0.15) is 44.2 Å². The average molecular weight is 408 g/mol. The number of hydrogen-bond acceptors (Lipinski definition) is 4. The van der Waals surface area contributed by atoms with E-state index in [4.69, 9.17) is 4.98 Å². The molecule has 1 aliphatic rings. The van der Waals surface area contributed by atoms with Crippen LogP contribution in [0.3, 0.4) is 0 Å². The van der Waals surface area contributed by atoms with Crippen molar-refractivity contribution < 1.29 is 4.79 Å². The molecule has 1 heterocycles. The third-order valence-electron chi connectivity index (χ3n) is 5.29. The van der Waals surface area contributed by atoms with Crippen LogP contribution in [0.4, 0.5) is 0 Å². The highest BCUT2D eigenvalue weighted by atomic mass is 32.2. The summed E-state index contributed by atoms with van der Waals surface area (Å²) in [5, 5.41) is 3.98. The molecule has 3 aromatic rings. The van der Waals surface area contributed by atoms with Gasteiger partial charge in [0.15, 0.2) is 5.16 Å². The lowest BCUT2D eigenvalue weighted by Gasteiger charge is -2.18. The van der Waals surface area contributed by atoms with E-state index < -0.39 is 0 Å². The first-order valence-corrected chi connectivity index (χ1v) is 10.9. The molecule has 4 rings (SSSR count). The number of carbonyl (C=O) groups excluding carboxylic acids is 1. The number of fused-ring (bicyclic) bond motifs is 1. The van der Waals surface area contributed by atoms with Gasteiger partial charge in [0.2, 0.25) is 5.91 Å². The number of carbonyl (C=O) groups is 1. The van der Waals surface area contributed by atoms with E-state index in [9.17, 15) is 9.59 Å². The fraction of sp³-hybridized carbons (Fsp3) is 0.348. The number of nitrogens with one attached hydrogen (secondary N) is 1. The summed E-state index contributed by atoms with van der Waals surface area (Å²) in [6.07, 6.45) is 1.98. The van der Waals surface area contributed by atoms with Crippen LogP contribution in [0.2, 0.25) is 0 Å². The topological polar surface area (TPSA) is 64.0 Å². The molecule has 0 spiro atoms. The molecule has 1 N–H and O–H groups in total. The van der Waals surface area contributed by atoms with Gasteiger partial charge in [-0.3, -0.25) is 14.2 Å². The lowest BCUT2D eigenvalue weighted by Crippen LogP contribution is -2.34. The molecule has 0 bridgehead atoms. The van der Waals surface area contributed by atoms with Crippen molar-refractivity contribution in [3.63, 3.8) is 0 Å². The maximum Gasteiger partial charge on any atom is 0.262 e. The van der Waals surface area contributed by atoms with Gasteiger partial charge in [0.1, 0.15) is 0 Å². The fourth-order valence-electron chi connectivity index (χ4n) is 3.37. The molecule has 2 atom stereocenters. The van der Waals surface area contributed by atoms with Crippen LogP contribution in [-0.4, -0.2) is 27.3 Å². The third-order valence-corrected chi connectivity index (χ3v) is 6.36. The third kappa shape index (κ3) is 4.37. The number of para-hydroxylation sites is 1. The molecule has 2 aromatic carbocycles. The molecule has 1 aliphatic carbocycles. The predicted octanol–water partition coefficient (Wildman–Crippen LogP) is 4.13. The summed E-state index contributed by atoms with van der Waals surface area (Å²) in [6.45, 7) is 4.54. The van der Waals surface area contributed by atoms with Crippen LogP contribution in [-0.2, 0) is 4.79 Å². The number of thioether (sulfide) groups is 1. The Kier molecular flexibility index (Phi) is 5.72. The second kappa shape index (κ2) is 8.41. The molecular weight excluding hydrogens is 382 g/mol. The van der Waals surface area contributed by atoms with Crippen molar-refractivity contribution in [3.05, 3.63) is 70.5 Å². The van der Waals surface area contributed by atoms with Gasteiger partial charge < -0.3 is 5.32 Å². The number of hydrogen-bond donors (Lipinski definition) is 1. The summed E-state index contributed by atoms with van der Waals surface area (Å²) in [7, 11) is 0. The summed E-state index contributed by atoms with van der Waals surface area (Å²) in [6, 6.07) is 17.8. The fourth-order valence-corrected chi connectivity index (χ4v) is 4.38. The zero-order valence-electron chi connectivity index (χ0n) is 16.7. The Morgan fingerprint density at radius 1 is 1.14 bits per heavy atom. The maximum atomic E-state index is 13.0. The Balaban J connectivity index is 1.48. The summed E-state index contributed by atoms with van der Waals surface area (Å²) >= 11 is 1.36. The first-order chi connectivity index (χ1) is 14.0. The monoisotopic (exact) mass is 407 g/mol. The van der Waals surface area contributed by atoms with Crippen LogP contribution in [0.15, 0.2) is 64.5 Å². The molecule has 1 aromatic heterocycles. The molecule has 0 unspecified atom stereocenters. The Morgan fingerprint density at radius 2 is 1.83 bits per heavy atom. The summed E-state index contributed by atoms with van der Waals surface area (Å²) in [5.41, 5.74) is 1.87. The summed E-state index contributed by atoms with van der Waals surface area (Å²) < 4.78 is 1.78. The van der Waals surface area contributed by atoms with Gasteiger partial charge in [0.25, 0.3) is 5.56 Å². The van der Waals surface area contributed by atoms with Crippen molar-refractivity contribution in [3.8, 4) is 0 Å². The smallest absolute Gasteiger partial charge is 0.262 e. The lowest BCUT2D eigenvalue weighted by atomic mass is 10.0. The zero-order valence-corrected chi connectivity index (χ0v) is 17.5. The van der Waals surface area contributed by atoms with Gasteiger partial charge in [-0.1, -0.05) is 61.2 Å². The predicted molar refractivity (Wildman–Crippen MR) is 117 cm³/mol. The van der Waals surface area contributed by atoms with E-state index in [1.54, 1.807) is 4.57 Å². The van der Waals surface area contributed by atoms with E-state index in [0.29, 0.717) is 22.6 Å². The number of nitrogens with zero attached hydrogens (tertiary/aromatic N) is 2. The van der Waals surface area contributed by atoms with Crippen LogP contribution < -0.4 is 10.9 Å². The maximum absolute atomic E-state index is 13.0. The second-order valence-electron chi connectivity index (χ2n) is 7.63. The minimum atomic E-state index is -0.337. The molecule has 0 radical (unpaired) electrons. The van der Waals surface area contributed by atoms with Gasteiger partial charge in [0.05, 0.1) is 16.2 Å². The van der Waals surface area contributed by atoms with E-state index in [2.05, 4.69) is 24.4 Å². The van der Waals surface area contributed by atoms with Gasteiger partial charge in [-0.25, -0.2) is 4.98 Å².